The number of hydrogen-bond donors (Lipinski definition) is 0. The van der Waals surface area contributed by atoms with Gasteiger partial charge in [-0.1, -0.05) is 11.6 Å². The van der Waals surface area contributed by atoms with Crippen molar-refractivity contribution in [2.24, 2.45) is 0 Å². The molecule has 0 saturated carbocycles. The van der Waals surface area contributed by atoms with Gasteiger partial charge in [0.05, 0.1) is 11.1 Å². The fourth-order valence-electron chi connectivity index (χ4n) is 2.47. The van der Waals surface area contributed by atoms with E-state index >= 15 is 0 Å². The van der Waals surface area contributed by atoms with Crippen LogP contribution in [-0.4, -0.2) is 19.2 Å². The zero-order chi connectivity index (χ0) is 15.4. The summed E-state index contributed by atoms with van der Waals surface area (Å²) >= 11 is 7.45. The van der Waals surface area contributed by atoms with Crippen LogP contribution in [0.5, 0.6) is 0 Å². The Morgan fingerprint density at radius 1 is 1.18 bits per heavy atom. The van der Waals surface area contributed by atoms with E-state index in [1.54, 1.807) is 23.0 Å². The molecule has 0 N–H and O–H groups in total. The molecule has 0 aliphatic rings. The van der Waals surface area contributed by atoms with Crippen molar-refractivity contribution in [3.8, 4) is 5.69 Å². The number of hydrogen-bond acceptors (Lipinski definition) is 4. The van der Waals surface area contributed by atoms with E-state index in [4.69, 9.17) is 11.6 Å². The lowest BCUT2D eigenvalue weighted by atomic mass is 10.2. The van der Waals surface area contributed by atoms with Crippen molar-refractivity contribution in [2.75, 3.05) is 0 Å². The first-order valence-corrected chi connectivity index (χ1v) is 7.88. The third-order valence-electron chi connectivity index (χ3n) is 3.77. The maximum absolute atomic E-state index is 12.7. The minimum Gasteiger partial charge on any atom is -0.267 e. The van der Waals surface area contributed by atoms with Crippen LogP contribution in [0.15, 0.2) is 35.4 Å². The van der Waals surface area contributed by atoms with Gasteiger partial charge in [-0.2, -0.15) is 9.61 Å². The summed E-state index contributed by atoms with van der Waals surface area (Å²) in [6.07, 6.45) is 1.60. The molecule has 1 aromatic carbocycles. The second-order valence-corrected chi connectivity index (χ2v) is 6.71. The first-order chi connectivity index (χ1) is 10.6. The van der Waals surface area contributed by atoms with Gasteiger partial charge in [-0.25, -0.2) is 4.98 Å². The number of nitrogens with zero attached hydrogens (tertiary/aromatic N) is 4. The summed E-state index contributed by atoms with van der Waals surface area (Å²) in [5, 5.41) is 5.51. The van der Waals surface area contributed by atoms with Crippen molar-refractivity contribution < 1.29 is 0 Å². The maximum atomic E-state index is 12.7. The van der Waals surface area contributed by atoms with Gasteiger partial charge in [0, 0.05) is 9.90 Å². The fourth-order valence-corrected chi connectivity index (χ4v) is 3.61. The van der Waals surface area contributed by atoms with Crippen molar-refractivity contribution in [1.82, 2.24) is 19.2 Å². The largest absolute Gasteiger partial charge is 0.284 e. The first-order valence-electron chi connectivity index (χ1n) is 6.68. The van der Waals surface area contributed by atoms with E-state index in [1.165, 1.54) is 15.9 Å². The van der Waals surface area contributed by atoms with Crippen LogP contribution in [0.4, 0.5) is 0 Å². The van der Waals surface area contributed by atoms with Crippen LogP contribution in [0.3, 0.4) is 0 Å². The van der Waals surface area contributed by atoms with Crippen LogP contribution >= 0.6 is 22.9 Å². The third-order valence-corrected chi connectivity index (χ3v) is 5.12. The van der Waals surface area contributed by atoms with E-state index < -0.39 is 0 Å². The SMILES string of the molecule is Cc1sc2nc3n(-c4ccc(Cl)cc4)cnn3c(=O)c2c1C. The van der Waals surface area contributed by atoms with Crippen LogP contribution in [0.2, 0.25) is 5.02 Å². The average Bonchev–Trinajstić information content (AvgIpc) is 3.03. The molecule has 110 valence electrons. The Morgan fingerprint density at radius 2 is 1.91 bits per heavy atom. The minimum absolute atomic E-state index is 0.130. The lowest BCUT2D eigenvalue weighted by molar-refractivity contribution is 0.915. The van der Waals surface area contributed by atoms with Crippen molar-refractivity contribution >= 4 is 38.9 Å². The van der Waals surface area contributed by atoms with Crippen molar-refractivity contribution in [1.29, 1.82) is 0 Å². The molecule has 3 heterocycles. The summed E-state index contributed by atoms with van der Waals surface area (Å²) in [7, 11) is 0. The summed E-state index contributed by atoms with van der Waals surface area (Å²) in [5.74, 6) is 0.501. The predicted octanol–water partition coefficient (Wildman–Crippen LogP) is 3.37. The second kappa shape index (κ2) is 4.66. The zero-order valence-electron chi connectivity index (χ0n) is 11.9. The second-order valence-electron chi connectivity index (χ2n) is 5.07. The molecule has 0 fully saturated rings. The number of aryl methyl sites for hydroxylation is 2. The molecule has 0 radical (unpaired) electrons. The van der Waals surface area contributed by atoms with Crippen LogP contribution in [0.25, 0.3) is 21.7 Å². The highest BCUT2D eigenvalue weighted by molar-refractivity contribution is 7.18. The summed E-state index contributed by atoms with van der Waals surface area (Å²) in [6, 6.07) is 7.32. The normalized spacial score (nSPS) is 11.6. The smallest absolute Gasteiger partial charge is 0.267 e. The number of aromatic nitrogens is 4. The molecular formula is C15H11ClN4OS. The summed E-state index contributed by atoms with van der Waals surface area (Å²) in [6.45, 7) is 3.94. The molecule has 0 spiro atoms. The maximum Gasteiger partial charge on any atom is 0.284 e. The van der Waals surface area contributed by atoms with E-state index in [2.05, 4.69) is 10.1 Å². The van der Waals surface area contributed by atoms with Gasteiger partial charge in [-0.15, -0.1) is 11.3 Å². The molecule has 0 aliphatic heterocycles. The summed E-state index contributed by atoms with van der Waals surface area (Å²) < 4.78 is 3.12. The highest BCUT2D eigenvalue weighted by Gasteiger charge is 2.16. The highest BCUT2D eigenvalue weighted by Crippen LogP contribution is 2.26. The van der Waals surface area contributed by atoms with Gasteiger partial charge in [0.25, 0.3) is 5.56 Å². The van der Waals surface area contributed by atoms with Gasteiger partial charge < -0.3 is 0 Å². The van der Waals surface area contributed by atoms with E-state index in [1.807, 2.05) is 26.0 Å². The van der Waals surface area contributed by atoms with Gasteiger partial charge in [0.2, 0.25) is 5.78 Å². The van der Waals surface area contributed by atoms with Gasteiger partial charge in [0.1, 0.15) is 11.2 Å². The molecular weight excluding hydrogens is 320 g/mol. The van der Waals surface area contributed by atoms with Crippen LogP contribution in [-0.2, 0) is 0 Å². The quantitative estimate of drug-likeness (QED) is 0.537. The Morgan fingerprint density at radius 3 is 2.64 bits per heavy atom. The van der Waals surface area contributed by atoms with E-state index in [0.717, 1.165) is 21.0 Å². The number of halogens is 1. The standard InChI is InChI=1S/C15H11ClN4OS/c1-8-9(2)22-13-12(8)14(21)20-15(18-13)19(7-17-20)11-5-3-10(16)4-6-11/h3-7H,1-2H3. The molecule has 0 atom stereocenters. The van der Waals surface area contributed by atoms with Gasteiger partial charge >= 0.3 is 0 Å². The molecule has 0 bridgehead atoms. The molecule has 4 aromatic rings. The molecule has 0 unspecified atom stereocenters. The van der Waals surface area contributed by atoms with E-state index in [0.29, 0.717) is 16.2 Å². The van der Waals surface area contributed by atoms with Crippen LogP contribution in [0, 0.1) is 13.8 Å². The summed E-state index contributed by atoms with van der Waals surface area (Å²) in [4.78, 5) is 19.1. The Kier molecular flexibility index (Phi) is 2.85. The Labute approximate surface area is 134 Å². The molecule has 0 aliphatic carbocycles. The minimum atomic E-state index is -0.130. The average molecular weight is 331 g/mol. The van der Waals surface area contributed by atoms with Crippen LogP contribution < -0.4 is 5.56 Å². The molecule has 5 nitrogen and oxygen atoms in total. The van der Waals surface area contributed by atoms with E-state index in [-0.39, 0.29) is 5.56 Å². The zero-order valence-corrected chi connectivity index (χ0v) is 13.4. The van der Waals surface area contributed by atoms with Crippen molar-refractivity contribution in [3.05, 3.63) is 56.4 Å². The van der Waals surface area contributed by atoms with Gasteiger partial charge in [0.15, 0.2) is 0 Å². The van der Waals surface area contributed by atoms with E-state index in [9.17, 15) is 4.79 Å². The Hall–Kier alpha value is -2.18. The fraction of sp³-hybridized carbons (Fsp3) is 0.133. The van der Waals surface area contributed by atoms with Crippen molar-refractivity contribution in [2.45, 2.75) is 13.8 Å². The number of benzene rings is 1. The Bertz CT molecular complexity index is 1080. The number of rotatable bonds is 1. The third kappa shape index (κ3) is 1.81. The highest BCUT2D eigenvalue weighted by atomic mass is 35.5. The molecule has 22 heavy (non-hydrogen) atoms. The topological polar surface area (TPSA) is 52.2 Å². The van der Waals surface area contributed by atoms with Gasteiger partial charge in [-0.3, -0.25) is 9.36 Å². The monoisotopic (exact) mass is 330 g/mol. The molecule has 0 amide bonds. The molecule has 7 heteroatoms. The van der Waals surface area contributed by atoms with Crippen molar-refractivity contribution in [3.63, 3.8) is 0 Å². The predicted molar refractivity (Wildman–Crippen MR) is 88.5 cm³/mol. The molecule has 0 saturated heterocycles. The molecule has 4 rings (SSSR count). The lowest BCUT2D eigenvalue weighted by Gasteiger charge is -2.03. The summed E-state index contributed by atoms with van der Waals surface area (Å²) in [5.41, 5.74) is 1.71. The van der Waals surface area contributed by atoms with Crippen LogP contribution in [0.1, 0.15) is 10.4 Å². The lowest BCUT2D eigenvalue weighted by Crippen LogP contribution is -2.16. The molecule has 3 aromatic heterocycles. The first kappa shape index (κ1) is 13.5. The van der Waals surface area contributed by atoms with Gasteiger partial charge in [-0.05, 0) is 43.7 Å². The number of fused-ring (bicyclic) bond motifs is 2. The number of thiophene rings is 1. The Balaban J connectivity index is 2.09.